The Balaban J connectivity index is 2.00. The van der Waals surface area contributed by atoms with E-state index < -0.39 is 0 Å². The number of rotatable bonds is 2. The van der Waals surface area contributed by atoms with E-state index in [1.807, 2.05) is 30.0 Å². The van der Waals surface area contributed by atoms with Crippen molar-refractivity contribution in [1.29, 1.82) is 0 Å². The van der Waals surface area contributed by atoms with Crippen LogP contribution in [0.2, 0.25) is 5.02 Å². The second-order valence-corrected chi connectivity index (χ2v) is 5.93. The first-order valence-corrected chi connectivity index (χ1v) is 7.33. The molecule has 2 rings (SSSR count). The molecular weight excluding hydrogens is 330 g/mol. The average molecular weight is 347 g/mol. The summed E-state index contributed by atoms with van der Waals surface area (Å²) in [6.45, 7) is 4.83. The maximum Gasteiger partial charge on any atom is 0.191 e. The van der Waals surface area contributed by atoms with Crippen molar-refractivity contribution < 1.29 is 4.74 Å². The van der Waals surface area contributed by atoms with Crippen molar-refractivity contribution in [3.63, 3.8) is 0 Å². The Bertz CT molecular complexity index is 461. The average Bonchev–Trinajstić information content (AvgIpc) is 2.35. The van der Waals surface area contributed by atoms with Crippen LogP contribution in [0.5, 0.6) is 0 Å². The number of morpholine rings is 1. The Kier molecular flexibility index (Phi) is 5.07. The van der Waals surface area contributed by atoms with Gasteiger partial charge in [-0.25, -0.2) is 4.99 Å². The van der Waals surface area contributed by atoms with Gasteiger partial charge in [-0.15, -0.1) is 0 Å². The van der Waals surface area contributed by atoms with E-state index in [9.17, 15) is 0 Å². The number of hydrogen-bond donors (Lipinski definition) is 1. The minimum Gasteiger partial charge on any atom is -0.375 e. The maximum atomic E-state index is 6.01. The summed E-state index contributed by atoms with van der Waals surface area (Å²) < 4.78 is 6.42. The van der Waals surface area contributed by atoms with Gasteiger partial charge in [0.1, 0.15) is 0 Å². The van der Waals surface area contributed by atoms with Crippen molar-refractivity contribution >= 4 is 33.5 Å². The molecule has 0 saturated carbocycles. The number of nitrogens with zero attached hydrogens (tertiary/aromatic N) is 2. The highest BCUT2D eigenvalue weighted by molar-refractivity contribution is 9.10. The lowest BCUT2D eigenvalue weighted by atomic mass is 10.2. The molecule has 1 unspecified atom stereocenters. The molecule has 6 heteroatoms. The van der Waals surface area contributed by atoms with Gasteiger partial charge >= 0.3 is 0 Å². The monoisotopic (exact) mass is 345 g/mol. The molecule has 19 heavy (non-hydrogen) atoms. The summed E-state index contributed by atoms with van der Waals surface area (Å²) >= 11 is 9.41. The van der Waals surface area contributed by atoms with Crippen LogP contribution in [0.25, 0.3) is 0 Å². The Morgan fingerprint density at radius 1 is 1.58 bits per heavy atom. The summed E-state index contributed by atoms with van der Waals surface area (Å²) in [5.41, 5.74) is 7.04. The summed E-state index contributed by atoms with van der Waals surface area (Å²) in [6, 6.07) is 5.73. The molecule has 1 aliphatic heterocycles. The zero-order valence-corrected chi connectivity index (χ0v) is 13.1. The Morgan fingerprint density at radius 2 is 2.37 bits per heavy atom. The first kappa shape index (κ1) is 14.6. The van der Waals surface area contributed by atoms with Crippen LogP contribution in [-0.2, 0) is 11.3 Å². The molecule has 1 aliphatic rings. The molecule has 1 aromatic rings. The van der Waals surface area contributed by atoms with Crippen LogP contribution in [-0.4, -0.2) is 36.7 Å². The normalized spacial score (nSPS) is 20.7. The summed E-state index contributed by atoms with van der Waals surface area (Å²) in [5, 5.41) is 0.693. The molecule has 1 atom stereocenters. The fraction of sp³-hybridized carbons (Fsp3) is 0.462. The largest absolute Gasteiger partial charge is 0.375 e. The molecule has 104 valence electrons. The Morgan fingerprint density at radius 3 is 3.05 bits per heavy atom. The topological polar surface area (TPSA) is 50.8 Å². The van der Waals surface area contributed by atoms with Crippen LogP contribution in [0.15, 0.2) is 27.7 Å². The number of hydrogen-bond acceptors (Lipinski definition) is 2. The second kappa shape index (κ2) is 6.59. The van der Waals surface area contributed by atoms with E-state index in [1.54, 1.807) is 0 Å². The van der Waals surface area contributed by atoms with Gasteiger partial charge in [-0.05, 0) is 30.7 Å². The number of nitrogens with two attached hydrogens (primary N) is 1. The minimum atomic E-state index is 0.197. The van der Waals surface area contributed by atoms with Crippen LogP contribution in [0.3, 0.4) is 0 Å². The van der Waals surface area contributed by atoms with Crippen molar-refractivity contribution in [1.82, 2.24) is 4.90 Å². The lowest BCUT2D eigenvalue weighted by Crippen LogP contribution is -2.47. The molecule has 1 saturated heterocycles. The lowest BCUT2D eigenvalue weighted by Gasteiger charge is -2.31. The van der Waals surface area contributed by atoms with E-state index >= 15 is 0 Å². The molecule has 1 aromatic carbocycles. The summed E-state index contributed by atoms with van der Waals surface area (Å²) in [4.78, 5) is 6.47. The number of halogens is 2. The van der Waals surface area contributed by atoms with Gasteiger partial charge in [0.15, 0.2) is 5.96 Å². The van der Waals surface area contributed by atoms with Crippen LogP contribution < -0.4 is 5.73 Å². The maximum absolute atomic E-state index is 6.01. The first-order valence-electron chi connectivity index (χ1n) is 6.16. The molecule has 0 aromatic heterocycles. The summed E-state index contributed by atoms with van der Waals surface area (Å²) in [5.74, 6) is 0.561. The van der Waals surface area contributed by atoms with Crippen molar-refractivity contribution in [2.45, 2.75) is 19.6 Å². The van der Waals surface area contributed by atoms with Gasteiger partial charge in [0.2, 0.25) is 0 Å². The second-order valence-electron chi connectivity index (χ2n) is 4.58. The molecule has 1 heterocycles. The zero-order valence-electron chi connectivity index (χ0n) is 10.8. The highest BCUT2D eigenvalue weighted by Crippen LogP contribution is 2.20. The fourth-order valence-corrected chi connectivity index (χ4v) is 2.93. The van der Waals surface area contributed by atoms with E-state index in [1.165, 1.54) is 0 Å². The van der Waals surface area contributed by atoms with Crippen molar-refractivity contribution in [3.8, 4) is 0 Å². The van der Waals surface area contributed by atoms with Gasteiger partial charge in [0, 0.05) is 22.6 Å². The van der Waals surface area contributed by atoms with E-state index in [4.69, 9.17) is 22.1 Å². The number of ether oxygens (including phenoxy) is 1. The summed E-state index contributed by atoms with van der Waals surface area (Å²) in [7, 11) is 0. The van der Waals surface area contributed by atoms with Gasteiger partial charge in [0.05, 0.1) is 19.3 Å². The molecule has 1 fully saturated rings. The molecule has 2 N–H and O–H groups in total. The van der Waals surface area contributed by atoms with Crippen LogP contribution in [0.4, 0.5) is 0 Å². The number of benzene rings is 1. The highest BCUT2D eigenvalue weighted by atomic mass is 79.9. The molecular formula is C13H17BrClN3O. The lowest BCUT2D eigenvalue weighted by molar-refractivity contribution is 0.00529. The smallest absolute Gasteiger partial charge is 0.191 e. The highest BCUT2D eigenvalue weighted by Gasteiger charge is 2.17. The van der Waals surface area contributed by atoms with Crippen LogP contribution in [0.1, 0.15) is 12.5 Å². The predicted molar refractivity (Wildman–Crippen MR) is 81.5 cm³/mol. The quantitative estimate of drug-likeness (QED) is 0.661. The predicted octanol–water partition coefficient (Wildman–Crippen LogP) is 2.64. The molecule has 0 bridgehead atoms. The summed E-state index contributed by atoms with van der Waals surface area (Å²) in [6.07, 6.45) is 0.197. The van der Waals surface area contributed by atoms with Gasteiger partial charge in [-0.2, -0.15) is 0 Å². The van der Waals surface area contributed by atoms with Gasteiger partial charge in [0.25, 0.3) is 0 Å². The number of aliphatic imine (C=N–C) groups is 1. The standard InChI is InChI=1S/C13H17BrClN3O/c1-9-8-18(2-3-19-9)13(16)17-7-10-4-11(14)6-12(15)5-10/h4-6,9H,2-3,7-8H2,1H3,(H2,16,17). The Hall–Kier alpha value is -0.780. The van der Waals surface area contributed by atoms with Crippen molar-refractivity contribution in [3.05, 3.63) is 33.3 Å². The van der Waals surface area contributed by atoms with E-state index in [0.29, 0.717) is 24.1 Å². The molecule has 0 aliphatic carbocycles. The van der Waals surface area contributed by atoms with Crippen molar-refractivity contribution in [2.24, 2.45) is 10.7 Å². The first-order chi connectivity index (χ1) is 9.04. The third kappa shape index (κ3) is 4.37. The SMILES string of the molecule is CC1CN(C(N)=NCc2cc(Cl)cc(Br)c2)CCO1. The third-order valence-electron chi connectivity index (χ3n) is 2.91. The molecule has 0 radical (unpaired) electrons. The van der Waals surface area contributed by atoms with Crippen molar-refractivity contribution in [2.75, 3.05) is 19.7 Å². The van der Waals surface area contributed by atoms with Crippen LogP contribution >= 0.6 is 27.5 Å². The van der Waals surface area contributed by atoms with Gasteiger partial charge in [-0.3, -0.25) is 0 Å². The molecule has 4 nitrogen and oxygen atoms in total. The van der Waals surface area contributed by atoms with E-state index in [2.05, 4.69) is 20.9 Å². The third-order valence-corrected chi connectivity index (χ3v) is 3.59. The fourth-order valence-electron chi connectivity index (χ4n) is 2.00. The van der Waals surface area contributed by atoms with Gasteiger partial charge < -0.3 is 15.4 Å². The molecule has 0 spiro atoms. The van der Waals surface area contributed by atoms with E-state index in [0.717, 1.165) is 23.1 Å². The zero-order chi connectivity index (χ0) is 13.8. The van der Waals surface area contributed by atoms with Crippen LogP contribution in [0, 0.1) is 0 Å². The molecule has 0 amide bonds. The minimum absolute atomic E-state index is 0.197. The number of guanidine groups is 1. The van der Waals surface area contributed by atoms with E-state index in [-0.39, 0.29) is 6.10 Å². The Labute approximate surface area is 126 Å². The van der Waals surface area contributed by atoms with Gasteiger partial charge in [-0.1, -0.05) is 27.5 Å².